The average molecular weight is 394 g/mol. The van der Waals surface area contributed by atoms with E-state index in [0.717, 1.165) is 35.6 Å². The zero-order valence-corrected chi connectivity index (χ0v) is 16.7. The maximum atomic E-state index is 13.0. The third-order valence-electron chi connectivity index (χ3n) is 4.86. The first-order chi connectivity index (χ1) is 13.7. The molecule has 28 heavy (non-hydrogen) atoms. The Bertz CT molecular complexity index is 974. The van der Waals surface area contributed by atoms with E-state index >= 15 is 0 Å². The first-order valence-electron chi connectivity index (χ1n) is 9.27. The number of methoxy groups -OCH3 is 1. The molecule has 1 N–H and O–H groups in total. The Hall–Kier alpha value is -2.93. The Balaban J connectivity index is 1.53. The summed E-state index contributed by atoms with van der Waals surface area (Å²) in [7, 11) is 1.61. The number of amides is 1. The molecule has 1 amide bonds. The van der Waals surface area contributed by atoms with Gasteiger partial charge in [0.1, 0.15) is 11.8 Å². The molecule has 0 aliphatic carbocycles. The zero-order chi connectivity index (χ0) is 19.5. The van der Waals surface area contributed by atoms with Crippen molar-refractivity contribution in [1.29, 1.82) is 0 Å². The summed E-state index contributed by atoms with van der Waals surface area (Å²) in [5.41, 5.74) is 2.74. The summed E-state index contributed by atoms with van der Waals surface area (Å²) < 4.78 is 9.86. The average Bonchev–Trinajstić information content (AvgIpc) is 3.38. The smallest absolute Gasteiger partial charge is 0.247 e. The number of rotatable bonds is 5. The van der Waals surface area contributed by atoms with Gasteiger partial charge in [0.25, 0.3) is 0 Å². The lowest BCUT2D eigenvalue weighted by molar-refractivity contribution is -0.117. The van der Waals surface area contributed by atoms with Crippen molar-refractivity contribution in [2.75, 3.05) is 23.9 Å². The number of aromatic nitrogens is 2. The standard InChI is InChI=1S/C21H22N4O2S/c1-14-10-11-18(27-2)16(13-14)22-20(26)17-9-6-12-25(17)21-23-19(24-28-21)15-7-4-3-5-8-15/h3-5,7-8,10-11,13,17H,6,9,12H2,1-2H3,(H,22,26). The van der Waals surface area contributed by atoms with E-state index in [1.165, 1.54) is 11.5 Å². The van der Waals surface area contributed by atoms with E-state index in [1.54, 1.807) is 7.11 Å². The van der Waals surface area contributed by atoms with Gasteiger partial charge in [-0.05, 0) is 37.5 Å². The number of carbonyl (C=O) groups is 1. The highest BCUT2D eigenvalue weighted by Crippen LogP contribution is 2.31. The number of carbonyl (C=O) groups excluding carboxylic acids is 1. The van der Waals surface area contributed by atoms with Crippen molar-refractivity contribution in [3.63, 3.8) is 0 Å². The fourth-order valence-electron chi connectivity index (χ4n) is 3.44. The van der Waals surface area contributed by atoms with Crippen LogP contribution in [-0.2, 0) is 4.79 Å². The minimum absolute atomic E-state index is 0.0436. The van der Waals surface area contributed by atoms with Crippen molar-refractivity contribution < 1.29 is 9.53 Å². The summed E-state index contributed by atoms with van der Waals surface area (Å²) in [5, 5.41) is 3.82. The Morgan fingerprint density at radius 3 is 2.86 bits per heavy atom. The van der Waals surface area contributed by atoms with E-state index in [2.05, 4.69) is 19.6 Å². The largest absolute Gasteiger partial charge is 0.495 e. The molecule has 1 fully saturated rings. The topological polar surface area (TPSA) is 67.3 Å². The summed E-state index contributed by atoms with van der Waals surface area (Å²) in [6.07, 6.45) is 1.74. The number of nitrogens with one attached hydrogen (secondary N) is 1. The Kier molecular flexibility index (Phi) is 5.25. The molecule has 7 heteroatoms. The molecule has 1 aliphatic rings. The number of benzene rings is 2. The molecule has 0 radical (unpaired) electrons. The third-order valence-corrected chi connectivity index (χ3v) is 5.61. The van der Waals surface area contributed by atoms with Crippen LogP contribution in [0, 0.1) is 6.92 Å². The number of hydrogen-bond acceptors (Lipinski definition) is 6. The van der Waals surface area contributed by atoms with Crippen molar-refractivity contribution in [3.8, 4) is 17.1 Å². The maximum absolute atomic E-state index is 13.0. The molecular formula is C21H22N4O2S. The van der Waals surface area contributed by atoms with E-state index in [1.807, 2.05) is 55.5 Å². The van der Waals surface area contributed by atoms with Crippen LogP contribution in [0.5, 0.6) is 5.75 Å². The second kappa shape index (κ2) is 7.98. The predicted octanol–water partition coefficient (Wildman–Crippen LogP) is 4.13. The van der Waals surface area contributed by atoms with Gasteiger partial charge in [-0.2, -0.15) is 9.36 Å². The number of nitrogens with zero attached hydrogens (tertiary/aromatic N) is 3. The molecule has 4 rings (SSSR count). The van der Waals surface area contributed by atoms with E-state index in [-0.39, 0.29) is 11.9 Å². The highest BCUT2D eigenvalue weighted by atomic mass is 32.1. The van der Waals surface area contributed by atoms with Crippen LogP contribution in [0.25, 0.3) is 11.4 Å². The monoisotopic (exact) mass is 394 g/mol. The molecule has 0 bridgehead atoms. The molecule has 1 saturated heterocycles. The lowest BCUT2D eigenvalue weighted by Gasteiger charge is -2.23. The van der Waals surface area contributed by atoms with Gasteiger partial charge in [0.2, 0.25) is 11.0 Å². The van der Waals surface area contributed by atoms with Crippen molar-refractivity contribution in [2.45, 2.75) is 25.8 Å². The number of ether oxygens (including phenoxy) is 1. The molecule has 1 aromatic heterocycles. The first kappa shape index (κ1) is 18.4. The van der Waals surface area contributed by atoms with Crippen molar-refractivity contribution in [3.05, 3.63) is 54.1 Å². The van der Waals surface area contributed by atoms with Gasteiger partial charge in [-0.25, -0.2) is 0 Å². The van der Waals surface area contributed by atoms with E-state index in [0.29, 0.717) is 17.3 Å². The summed E-state index contributed by atoms with van der Waals surface area (Å²) in [6, 6.07) is 15.4. The quantitative estimate of drug-likeness (QED) is 0.705. The first-order valence-corrected chi connectivity index (χ1v) is 10.0. The van der Waals surface area contributed by atoms with Gasteiger partial charge in [0.05, 0.1) is 12.8 Å². The van der Waals surface area contributed by atoms with Crippen molar-refractivity contribution in [2.24, 2.45) is 0 Å². The van der Waals surface area contributed by atoms with Crippen LogP contribution in [0.4, 0.5) is 10.8 Å². The van der Waals surface area contributed by atoms with Crippen LogP contribution in [0.1, 0.15) is 18.4 Å². The molecule has 0 saturated carbocycles. The third kappa shape index (κ3) is 3.71. The van der Waals surface area contributed by atoms with Gasteiger partial charge in [-0.15, -0.1) is 0 Å². The molecule has 3 aromatic rings. The van der Waals surface area contributed by atoms with Crippen molar-refractivity contribution >= 4 is 28.3 Å². The second-order valence-electron chi connectivity index (χ2n) is 6.81. The van der Waals surface area contributed by atoms with E-state index in [4.69, 9.17) is 4.74 Å². The summed E-state index contributed by atoms with van der Waals surface area (Å²) in [4.78, 5) is 19.7. The lowest BCUT2D eigenvalue weighted by atomic mass is 10.1. The number of anilines is 2. The van der Waals surface area contributed by atoms with Crippen LogP contribution in [-0.4, -0.2) is 35.0 Å². The Morgan fingerprint density at radius 1 is 1.25 bits per heavy atom. The molecule has 1 atom stereocenters. The van der Waals surface area contributed by atoms with Gasteiger partial charge in [0, 0.05) is 23.6 Å². The Labute approximate surface area is 168 Å². The van der Waals surface area contributed by atoms with Gasteiger partial charge in [-0.1, -0.05) is 36.4 Å². The van der Waals surface area contributed by atoms with Crippen LogP contribution in [0.2, 0.25) is 0 Å². The van der Waals surface area contributed by atoms with Gasteiger partial charge in [-0.3, -0.25) is 4.79 Å². The van der Waals surface area contributed by atoms with Crippen LogP contribution >= 0.6 is 11.5 Å². The second-order valence-corrected chi connectivity index (χ2v) is 7.54. The molecule has 1 aliphatic heterocycles. The van der Waals surface area contributed by atoms with Crippen LogP contribution < -0.4 is 15.0 Å². The molecule has 144 valence electrons. The summed E-state index contributed by atoms with van der Waals surface area (Å²) in [6.45, 7) is 2.79. The molecule has 6 nitrogen and oxygen atoms in total. The Morgan fingerprint density at radius 2 is 2.07 bits per heavy atom. The minimum atomic E-state index is -0.262. The predicted molar refractivity (Wildman–Crippen MR) is 112 cm³/mol. The number of aryl methyl sites for hydroxylation is 1. The summed E-state index contributed by atoms with van der Waals surface area (Å²) >= 11 is 1.34. The lowest BCUT2D eigenvalue weighted by Crippen LogP contribution is -2.39. The molecule has 0 spiro atoms. The maximum Gasteiger partial charge on any atom is 0.247 e. The van der Waals surface area contributed by atoms with Crippen LogP contribution in [0.3, 0.4) is 0 Å². The SMILES string of the molecule is COc1ccc(C)cc1NC(=O)C1CCCN1c1nc(-c2ccccc2)ns1. The molecule has 2 heterocycles. The highest BCUT2D eigenvalue weighted by Gasteiger charge is 2.33. The van der Waals surface area contributed by atoms with Gasteiger partial charge < -0.3 is 15.0 Å². The normalized spacial score (nSPS) is 16.2. The van der Waals surface area contributed by atoms with Gasteiger partial charge >= 0.3 is 0 Å². The minimum Gasteiger partial charge on any atom is -0.495 e. The fraction of sp³-hybridized carbons (Fsp3) is 0.286. The van der Waals surface area contributed by atoms with Crippen molar-refractivity contribution in [1.82, 2.24) is 9.36 Å². The summed E-state index contributed by atoms with van der Waals surface area (Å²) in [5.74, 6) is 1.32. The van der Waals surface area contributed by atoms with Crippen LogP contribution in [0.15, 0.2) is 48.5 Å². The highest BCUT2D eigenvalue weighted by molar-refractivity contribution is 7.09. The van der Waals surface area contributed by atoms with E-state index < -0.39 is 0 Å². The fourth-order valence-corrected chi connectivity index (χ4v) is 4.21. The zero-order valence-electron chi connectivity index (χ0n) is 15.9. The number of hydrogen-bond donors (Lipinski definition) is 1. The van der Waals surface area contributed by atoms with Gasteiger partial charge in [0.15, 0.2) is 5.82 Å². The molecular weight excluding hydrogens is 372 g/mol. The van der Waals surface area contributed by atoms with E-state index in [9.17, 15) is 4.79 Å². The molecule has 2 aromatic carbocycles. The molecule has 1 unspecified atom stereocenters.